The van der Waals surface area contributed by atoms with Gasteiger partial charge in [-0.25, -0.2) is 0 Å². The van der Waals surface area contributed by atoms with E-state index in [1.165, 1.54) is 11.3 Å². The van der Waals surface area contributed by atoms with Crippen molar-refractivity contribution in [1.82, 2.24) is 10.2 Å². The van der Waals surface area contributed by atoms with Crippen LogP contribution in [0.3, 0.4) is 0 Å². The molecule has 2 aliphatic rings. The zero-order chi connectivity index (χ0) is 18.2. The molecule has 25 heavy (non-hydrogen) atoms. The number of hydrogen-bond acceptors (Lipinski definition) is 6. The predicted molar refractivity (Wildman–Crippen MR) is 99.8 cm³/mol. The molecule has 0 saturated carbocycles. The van der Waals surface area contributed by atoms with Crippen LogP contribution in [0, 0.1) is 0 Å². The Bertz CT molecular complexity index is 715. The minimum atomic E-state index is -0.353. The van der Waals surface area contributed by atoms with Crippen molar-refractivity contribution < 1.29 is 14.3 Å². The molecule has 1 fully saturated rings. The second-order valence-electron chi connectivity index (χ2n) is 7.35. The second kappa shape index (κ2) is 6.80. The minimum absolute atomic E-state index is 0.0433. The number of morpholine rings is 1. The summed E-state index contributed by atoms with van der Waals surface area (Å²) in [5.74, 6) is -0.125. The maximum atomic E-state index is 13.0. The third-order valence-electron chi connectivity index (χ3n) is 4.33. The van der Waals surface area contributed by atoms with E-state index in [2.05, 4.69) is 10.2 Å². The molecular weight excluding hydrogens is 338 g/mol. The van der Waals surface area contributed by atoms with E-state index >= 15 is 0 Å². The van der Waals surface area contributed by atoms with Gasteiger partial charge in [-0.05, 0) is 25.8 Å². The summed E-state index contributed by atoms with van der Waals surface area (Å²) in [6, 6.07) is 0. The topological polar surface area (TPSA) is 61.9 Å². The third-order valence-corrected chi connectivity index (χ3v) is 5.63. The highest BCUT2D eigenvalue weighted by Gasteiger charge is 2.37. The van der Waals surface area contributed by atoms with Crippen molar-refractivity contribution in [3.8, 4) is 0 Å². The van der Waals surface area contributed by atoms with E-state index in [1.54, 1.807) is 12.3 Å². The Morgan fingerprint density at radius 2 is 2.00 bits per heavy atom. The van der Waals surface area contributed by atoms with Gasteiger partial charge in [0.1, 0.15) is 5.00 Å². The van der Waals surface area contributed by atoms with Crippen LogP contribution in [0.2, 0.25) is 0 Å². The van der Waals surface area contributed by atoms with Crippen molar-refractivity contribution in [3.05, 3.63) is 28.3 Å². The highest BCUT2D eigenvalue weighted by molar-refractivity contribution is 7.18. The Kier molecular flexibility index (Phi) is 4.88. The molecule has 0 radical (unpaired) electrons. The highest BCUT2D eigenvalue weighted by Crippen LogP contribution is 2.41. The fourth-order valence-electron chi connectivity index (χ4n) is 3.20. The zero-order valence-corrected chi connectivity index (χ0v) is 16.0. The predicted octanol–water partition coefficient (Wildman–Crippen LogP) is 1.91. The molecule has 1 saturated heterocycles. The average Bonchev–Trinajstić information content (AvgIpc) is 2.91. The summed E-state index contributed by atoms with van der Waals surface area (Å²) in [5.41, 5.74) is 1.21. The number of fused-ring (bicyclic) bond motifs is 1. The molecule has 7 heteroatoms. The second-order valence-corrected chi connectivity index (χ2v) is 8.35. The Morgan fingerprint density at radius 3 is 2.64 bits per heavy atom. The summed E-state index contributed by atoms with van der Waals surface area (Å²) in [5, 5.41) is 3.93. The molecule has 0 aliphatic carbocycles. The van der Waals surface area contributed by atoms with Gasteiger partial charge in [-0.3, -0.25) is 9.59 Å². The van der Waals surface area contributed by atoms with Crippen LogP contribution >= 0.6 is 11.3 Å². The van der Waals surface area contributed by atoms with E-state index in [0.717, 1.165) is 23.7 Å². The van der Waals surface area contributed by atoms with Gasteiger partial charge in [0.2, 0.25) is 0 Å². The number of ether oxygens (including phenoxy) is 1. The van der Waals surface area contributed by atoms with Gasteiger partial charge >= 0.3 is 0 Å². The van der Waals surface area contributed by atoms with Crippen LogP contribution in [0.4, 0.5) is 5.00 Å². The van der Waals surface area contributed by atoms with Gasteiger partial charge < -0.3 is 19.9 Å². The molecule has 0 unspecified atom stereocenters. The van der Waals surface area contributed by atoms with E-state index in [0.29, 0.717) is 30.1 Å². The van der Waals surface area contributed by atoms with Crippen LogP contribution in [0.15, 0.2) is 12.3 Å². The Labute approximate surface area is 152 Å². The maximum Gasteiger partial charge on any atom is 0.262 e. The van der Waals surface area contributed by atoms with E-state index < -0.39 is 0 Å². The average molecular weight is 363 g/mol. The quantitative estimate of drug-likeness (QED) is 0.654. The van der Waals surface area contributed by atoms with E-state index in [-0.39, 0.29) is 17.2 Å². The number of carbonyl (C=O) groups excluding carboxylic acids is 2. The van der Waals surface area contributed by atoms with Gasteiger partial charge in [0.05, 0.1) is 23.7 Å². The smallest absolute Gasteiger partial charge is 0.262 e. The molecule has 3 heterocycles. The molecule has 1 amide bonds. The molecule has 0 aromatic carbocycles. The number of anilines is 1. The van der Waals surface area contributed by atoms with Gasteiger partial charge in [-0.15, -0.1) is 11.3 Å². The summed E-state index contributed by atoms with van der Waals surface area (Å²) >= 11 is 1.43. The molecule has 0 bridgehead atoms. The normalized spacial score (nSPS) is 19.7. The Balaban J connectivity index is 2.08. The van der Waals surface area contributed by atoms with Crippen molar-refractivity contribution in [3.63, 3.8) is 0 Å². The minimum Gasteiger partial charge on any atom is -0.383 e. The van der Waals surface area contributed by atoms with Gasteiger partial charge in [0.25, 0.3) is 5.91 Å². The van der Waals surface area contributed by atoms with Crippen LogP contribution in [0.25, 0.3) is 0 Å². The fourth-order valence-corrected chi connectivity index (χ4v) is 4.47. The molecule has 6 nitrogen and oxygen atoms in total. The monoisotopic (exact) mass is 363 g/mol. The van der Waals surface area contributed by atoms with Crippen molar-refractivity contribution in [1.29, 1.82) is 0 Å². The molecule has 1 aromatic heterocycles. The summed E-state index contributed by atoms with van der Waals surface area (Å²) in [6.07, 6.45) is 4.00. The van der Waals surface area contributed by atoms with Crippen molar-refractivity contribution in [2.75, 3.05) is 45.3 Å². The number of carbonyl (C=O) groups is 2. The first-order valence-electron chi connectivity index (χ1n) is 8.48. The standard InChI is InChI=1S/C18H25N3O3S/c1-18(2)11-12-14(13(22)5-6-20(3)4)17(21-7-9-24-10-8-21)25-15(12)16(23)19-18/h5-6H,7-11H2,1-4H3,(H,19,23)/b6-5+. The molecular formula is C18H25N3O3S. The SMILES string of the molecule is CN(C)/C=C/C(=O)c1c(N2CCOCC2)sc2c1CC(C)(C)NC2=O. The summed E-state index contributed by atoms with van der Waals surface area (Å²) < 4.78 is 5.43. The zero-order valence-electron chi connectivity index (χ0n) is 15.2. The lowest BCUT2D eigenvalue weighted by atomic mass is 9.88. The highest BCUT2D eigenvalue weighted by atomic mass is 32.1. The first-order chi connectivity index (χ1) is 11.8. The lowest BCUT2D eigenvalue weighted by Crippen LogP contribution is -2.48. The van der Waals surface area contributed by atoms with Crippen LogP contribution in [0.1, 0.15) is 39.4 Å². The van der Waals surface area contributed by atoms with Crippen molar-refractivity contribution in [2.24, 2.45) is 0 Å². The number of allylic oxidation sites excluding steroid dienone is 1. The summed E-state index contributed by atoms with van der Waals surface area (Å²) in [7, 11) is 3.76. The van der Waals surface area contributed by atoms with Gasteiger partial charge in [0.15, 0.2) is 5.78 Å². The van der Waals surface area contributed by atoms with E-state index in [4.69, 9.17) is 4.74 Å². The molecule has 136 valence electrons. The number of rotatable bonds is 4. The molecule has 0 atom stereocenters. The lowest BCUT2D eigenvalue weighted by Gasteiger charge is -2.31. The van der Waals surface area contributed by atoms with Crippen LogP contribution in [-0.4, -0.2) is 62.5 Å². The number of nitrogens with zero attached hydrogens (tertiary/aromatic N) is 2. The van der Waals surface area contributed by atoms with E-state index in [9.17, 15) is 9.59 Å². The van der Waals surface area contributed by atoms with Gasteiger partial charge in [0, 0.05) is 45.0 Å². The maximum absolute atomic E-state index is 13.0. The van der Waals surface area contributed by atoms with Gasteiger partial charge in [-0.2, -0.15) is 0 Å². The van der Waals surface area contributed by atoms with Crippen LogP contribution in [-0.2, 0) is 11.2 Å². The molecule has 0 spiro atoms. The first-order valence-corrected chi connectivity index (χ1v) is 9.30. The number of thiophene rings is 1. The molecule has 2 aliphatic heterocycles. The van der Waals surface area contributed by atoms with Crippen LogP contribution < -0.4 is 10.2 Å². The summed E-state index contributed by atoms with van der Waals surface area (Å²) in [4.78, 5) is 30.2. The van der Waals surface area contributed by atoms with Crippen LogP contribution in [0.5, 0.6) is 0 Å². The van der Waals surface area contributed by atoms with Crippen molar-refractivity contribution >= 4 is 28.0 Å². The number of ketones is 1. The molecule has 1 aromatic rings. The number of amides is 1. The van der Waals surface area contributed by atoms with E-state index in [1.807, 2.05) is 32.8 Å². The largest absolute Gasteiger partial charge is 0.383 e. The number of hydrogen-bond donors (Lipinski definition) is 1. The first kappa shape index (κ1) is 17.9. The Morgan fingerprint density at radius 1 is 1.32 bits per heavy atom. The summed E-state index contributed by atoms with van der Waals surface area (Å²) in [6.45, 7) is 6.74. The molecule has 1 N–H and O–H groups in total. The van der Waals surface area contributed by atoms with Gasteiger partial charge in [-0.1, -0.05) is 0 Å². The van der Waals surface area contributed by atoms with Crippen molar-refractivity contribution in [2.45, 2.75) is 25.8 Å². The lowest BCUT2D eigenvalue weighted by molar-refractivity contribution is 0.0902. The molecule has 3 rings (SSSR count). The number of nitrogens with one attached hydrogen (secondary N) is 1. The Hall–Kier alpha value is -1.86. The third kappa shape index (κ3) is 3.72. The fraction of sp³-hybridized carbons (Fsp3) is 0.556.